The normalized spacial score (nSPS) is 10.7. The van der Waals surface area contributed by atoms with E-state index in [2.05, 4.69) is 53.5 Å². The Morgan fingerprint density at radius 3 is 2.29 bits per heavy atom. The van der Waals surface area contributed by atoms with Crippen molar-refractivity contribution in [1.82, 2.24) is 4.98 Å². The predicted molar refractivity (Wildman–Crippen MR) is 92.7 cm³/mol. The van der Waals surface area contributed by atoms with Crippen LogP contribution in [0, 0.1) is 6.92 Å². The van der Waals surface area contributed by atoms with E-state index in [1.807, 2.05) is 13.0 Å². The zero-order valence-electron chi connectivity index (χ0n) is 11.7. The first kappa shape index (κ1) is 14.2. The topological polar surface area (TPSA) is 38.9 Å². The van der Waals surface area contributed by atoms with Gasteiger partial charge in [-0.25, -0.2) is 4.98 Å². The predicted octanol–water partition coefficient (Wildman–Crippen LogP) is 4.99. The van der Waals surface area contributed by atoms with Gasteiger partial charge in [0.2, 0.25) is 0 Å². The molecular formula is C17H16N2S2. The van der Waals surface area contributed by atoms with Gasteiger partial charge >= 0.3 is 0 Å². The standard InChI is InChI=1S/C17H16N2S2/c1-12-16(21-17(18)19-12)20-11-13-7-9-15(10-8-13)14-5-3-2-4-6-14/h2-10H,11H2,1H3,(H2,18,19). The van der Waals surface area contributed by atoms with Crippen LogP contribution in [0.15, 0.2) is 58.8 Å². The lowest BCUT2D eigenvalue weighted by Gasteiger charge is -2.04. The number of thioether (sulfide) groups is 1. The second kappa shape index (κ2) is 6.33. The fraction of sp³-hybridized carbons (Fsp3) is 0.118. The number of aromatic nitrogens is 1. The minimum absolute atomic E-state index is 0.648. The van der Waals surface area contributed by atoms with Crippen molar-refractivity contribution in [1.29, 1.82) is 0 Å². The third-order valence-electron chi connectivity index (χ3n) is 3.20. The van der Waals surface area contributed by atoms with E-state index in [0.29, 0.717) is 5.13 Å². The number of nitrogen functional groups attached to an aromatic ring is 1. The van der Waals surface area contributed by atoms with Crippen LogP contribution in [0.2, 0.25) is 0 Å². The maximum absolute atomic E-state index is 5.73. The summed E-state index contributed by atoms with van der Waals surface area (Å²) in [5.41, 5.74) is 10.6. The van der Waals surface area contributed by atoms with E-state index < -0.39 is 0 Å². The largest absolute Gasteiger partial charge is 0.375 e. The van der Waals surface area contributed by atoms with Crippen LogP contribution >= 0.6 is 23.1 Å². The SMILES string of the molecule is Cc1nc(N)sc1SCc1ccc(-c2ccccc2)cc1. The van der Waals surface area contributed by atoms with Gasteiger partial charge in [-0.2, -0.15) is 0 Å². The maximum Gasteiger partial charge on any atom is 0.181 e. The number of nitrogens with two attached hydrogens (primary N) is 1. The molecule has 0 saturated heterocycles. The van der Waals surface area contributed by atoms with Gasteiger partial charge in [-0.15, -0.1) is 11.8 Å². The monoisotopic (exact) mass is 312 g/mol. The number of nitrogens with zero attached hydrogens (tertiary/aromatic N) is 1. The molecule has 21 heavy (non-hydrogen) atoms. The van der Waals surface area contributed by atoms with Crippen molar-refractivity contribution in [3.8, 4) is 11.1 Å². The Morgan fingerprint density at radius 2 is 1.67 bits per heavy atom. The molecule has 2 aromatic carbocycles. The number of hydrogen-bond donors (Lipinski definition) is 1. The van der Waals surface area contributed by atoms with E-state index in [1.54, 1.807) is 23.1 Å². The fourth-order valence-corrected chi connectivity index (χ4v) is 4.09. The number of hydrogen-bond acceptors (Lipinski definition) is 4. The summed E-state index contributed by atoms with van der Waals surface area (Å²) in [6.07, 6.45) is 0. The first-order valence-electron chi connectivity index (χ1n) is 6.72. The highest BCUT2D eigenvalue weighted by Gasteiger charge is 2.06. The zero-order chi connectivity index (χ0) is 14.7. The van der Waals surface area contributed by atoms with E-state index in [1.165, 1.54) is 20.9 Å². The zero-order valence-corrected chi connectivity index (χ0v) is 13.4. The van der Waals surface area contributed by atoms with Crippen molar-refractivity contribution in [2.45, 2.75) is 16.9 Å². The van der Waals surface area contributed by atoms with E-state index in [-0.39, 0.29) is 0 Å². The highest BCUT2D eigenvalue weighted by molar-refractivity contribution is 8.00. The van der Waals surface area contributed by atoms with Gasteiger partial charge < -0.3 is 5.73 Å². The molecule has 106 valence electrons. The molecule has 1 heterocycles. The number of rotatable bonds is 4. The average molecular weight is 312 g/mol. The molecule has 0 radical (unpaired) electrons. The lowest BCUT2D eigenvalue weighted by molar-refractivity contribution is 1.21. The molecule has 0 saturated carbocycles. The number of benzene rings is 2. The Bertz CT molecular complexity index is 718. The van der Waals surface area contributed by atoms with Crippen molar-refractivity contribution in [3.05, 3.63) is 65.9 Å². The summed E-state index contributed by atoms with van der Waals surface area (Å²) < 4.78 is 1.21. The molecule has 0 spiro atoms. The van der Waals surface area contributed by atoms with Gasteiger partial charge in [0.05, 0.1) is 9.90 Å². The lowest BCUT2D eigenvalue weighted by Crippen LogP contribution is -1.83. The van der Waals surface area contributed by atoms with Crippen LogP contribution in [0.3, 0.4) is 0 Å². The van der Waals surface area contributed by atoms with Crippen molar-refractivity contribution in [3.63, 3.8) is 0 Å². The average Bonchev–Trinajstić information content (AvgIpc) is 2.84. The minimum atomic E-state index is 0.648. The Balaban J connectivity index is 1.69. The fourth-order valence-electron chi connectivity index (χ4n) is 2.11. The first-order chi connectivity index (χ1) is 10.2. The second-order valence-corrected chi connectivity index (χ2v) is 7.05. The molecule has 0 aliphatic heterocycles. The molecule has 2 nitrogen and oxygen atoms in total. The van der Waals surface area contributed by atoms with Crippen LogP contribution in [0.25, 0.3) is 11.1 Å². The van der Waals surface area contributed by atoms with Crippen molar-refractivity contribution >= 4 is 28.2 Å². The van der Waals surface area contributed by atoms with Gasteiger partial charge in [0.1, 0.15) is 0 Å². The molecule has 0 atom stereocenters. The molecule has 3 rings (SSSR count). The van der Waals surface area contributed by atoms with Crippen molar-refractivity contribution in [2.75, 3.05) is 5.73 Å². The van der Waals surface area contributed by atoms with E-state index in [9.17, 15) is 0 Å². The molecule has 0 bridgehead atoms. The van der Waals surface area contributed by atoms with Crippen LogP contribution in [0.5, 0.6) is 0 Å². The van der Waals surface area contributed by atoms with Gasteiger partial charge in [0, 0.05) is 5.75 Å². The smallest absolute Gasteiger partial charge is 0.181 e. The van der Waals surface area contributed by atoms with Crippen LogP contribution in [-0.4, -0.2) is 4.98 Å². The van der Waals surface area contributed by atoms with Gasteiger partial charge in [-0.3, -0.25) is 0 Å². The Labute approximate surface area is 133 Å². The molecule has 0 amide bonds. The molecule has 0 aliphatic carbocycles. The summed E-state index contributed by atoms with van der Waals surface area (Å²) in [6, 6.07) is 19.2. The van der Waals surface area contributed by atoms with E-state index >= 15 is 0 Å². The summed E-state index contributed by atoms with van der Waals surface area (Å²) in [5.74, 6) is 0.942. The summed E-state index contributed by atoms with van der Waals surface area (Å²) in [6.45, 7) is 2.01. The van der Waals surface area contributed by atoms with Gasteiger partial charge in [0.15, 0.2) is 5.13 Å². The quantitative estimate of drug-likeness (QED) is 0.690. The van der Waals surface area contributed by atoms with Crippen LogP contribution in [0.4, 0.5) is 5.13 Å². The Kier molecular flexibility index (Phi) is 4.27. The molecular weight excluding hydrogens is 296 g/mol. The maximum atomic E-state index is 5.73. The first-order valence-corrected chi connectivity index (χ1v) is 8.52. The van der Waals surface area contributed by atoms with Gasteiger partial charge in [0.25, 0.3) is 0 Å². The second-order valence-electron chi connectivity index (χ2n) is 4.78. The Hall–Kier alpha value is -1.78. The molecule has 0 aliphatic rings. The third kappa shape index (κ3) is 3.46. The molecule has 1 aromatic heterocycles. The van der Waals surface area contributed by atoms with Crippen LogP contribution < -0.4 is 5.73 Å². The molecule has 2 N–H and O–H groups in total. The summed E-state index contributed by atoms with van der Waals surface area (Å²) in [4.78, 5) is 4.25. The number of thiazole rings is 1. The Morgan fingerprint density at radius 1 is 1.00 bits per heavy atom. The highest BCUT2D eigenvalue weighted by Crippen LogP contribution is 2.33. The summed E-state index contributed by atoms with van der Waals surface area (Å²) >= 11 is 3.36. The van der Waals surface area contributed by atoms with Gasteiger partial charge in [-0.1, -0.05) is 65.9 Å². The van der Waals surface area contributed by atoms with E-state index in [4.69, 9.17) is 5.73 Å². The molecule has 0 fully saturated rings. The van der Waals surface area contributed by atoms with E-state index in [0.717, 1.165) is 11.4 Å². The third-order valence-corrected chi connectivity index (χ3v) is 5.62. The van der Waals surface area contributed by atoms with Crippen LogP contribution in [-0.2, 0) is 5.75 Å². The lowest BCUT2D eigenvalue weighted by atomic mass is 10.0. The minimum Gasteiger partial charge on any atom is -0.375 e. The van der Waals surface area contributed by atoms with Crippen molar-refractivity contribution in [2.24, 2.45) is 0 Å². The summed E-state index contributed by atoms with van der Waals surface area (Å²) in [7, 11) is 0. The molecule has 4 heteroatoms. The van der Waals surface area contributed by atoms with Crippen molar-refractivity contribution < 1.29 is 0 Å². The molecule has 0 unspecified atom stereocenters. The summed E-state index contributed by atoms with van der Waals surface area (Å²) in [5, 5.41) is 0.648. The molecule has 3 aromatic rings. The number of aryl methyl sites for hydroxylation is 1. The number of anilines is 1. The van der Waals surface area contributed by atoms with Crippen LogP contribution in [0.1, 0.15) is 11.3 Å². The highest BCUT2D eigenvalue weighted by atomic mass is 32.2. The van der Waals surface area contributed by atoms with Gasteiger partial charge in [-0.05, 0) is 23.6 Å².